The average molecular weight is 382 g/mol. The highest BCUT2D eigenvalue weighted by Crippen LogP contribution is 2.29. The minimum atomic E-state index is -0.961. The largest absolute Gasteiger partial charge is 0.487 e. The van der Waals surface area contributed by atoms with Crippen LogP contribution in [0.1, 0.15) is 17.9 Å². The van der Waals surface area contributed by atoms with Crippen molar-refractivity contribution in [2.24, 2.45) is 5.92 Å². The van der Waals surface area contributed by atoms with E-state index in [0.29, 0.717) is 34.5 Å². The molecule has 0 aliphatic carbocycles. The second-order valence-electron chi connectivity index (χ2n) is 6.53. The molecule has 28 heavy (non-hydrogen) atoms. The fraction of sp³-hybridized carbons (Fsp3) is 0.250. The van der Waals surface area contributed by atoms with E-state index in [9.17, 15) is 9.59 Å². The normalized spacial score (nSPS) is 16.5. The maximum absolute atomic E-state index is 12.1. The van der Waals surface area contributed by atoms with E-state index in [1.165, 1.54) is 4.90 Å². The Morgan fingerprint density at radius 3 is 2.93 bits per heavy atom. The second-order valence-corrected chi connectivity index (χ2v) is 6.53. The number of hydrogen-bond donors (Lipinski definition) is 1. The third-order valence-corrected chi connectivity index (χ3v) is 4.60. The molecule has 0 spiro atoms. The van der Waals surface area contributed by atoms with Crippen LogP contribution >= 0.6 is 0 Å². The number of aliphatic carboxylic acids is 1. The SMILES string of the molecule is Cc1oc(-c2ccco2)nc1COc1cccc(N2CC(C(=O)O)CC2=O)c1. The van der Waals surface area contributed by atoms with Gasteiger partial charge in [-0.2, -0.15) is 0 Å². The van der Waals surface area contributed by atoms with E-state index in [1.54, 1.807) is 49.6 Å². The Hall–Kier alpha value is -3.55. The van der Waals surface area contributed by atoms with Crippen LogP contribution in [0.2, 0.25) is 0 Å². The van der Waals surface area contributed by atoms with E-state index in [0.717, 1.165) is 0 Å². The topological polar surface area (TPSA) is 106 Å². The highest BCUT2D eigenvalue weighted by molar-refractivity contribution is 5.99. The molecule has 1 amide bonds. The van der Waals surface area contributed by atoms with Gasteiger partial charge in [-0.1, -0.05) is 6.07 Å². The predicted molar refractivity (Wildman–Crippen MR) is 97.8 cm³/mol. The third-order valence-electron chi connectivity index (χ3n) is 4.60. The van der Waals surface area contributed by atoms with E-state index in [4.69, 9.17) is 18.7 Å². The van der Waals surface area contributed by atoms with Crippen molar-refractivity contribution in [2.45, 2.75) is 20.0 Å². The lowest BCUT2D eigenvalue weighted by Crippen LogP contribution is -2.25. The Bertz CT molecular complexity index is 1010. The first kappa shape index (κ1) is 17.8. The van der Waals surface area contributed by atoms with Gasteiger partial charge >= 0.3 is 5.97 Å². The summed E-state index contributed by atoms with van der Waals surface area (Å²) >= 11 is 0. The van der Waals surface area contributed by atoms with Crippen LogP contribution in [0, 0.1) is 12.8 Å². The molecule has 8 nitrogen and oxygen atoms in total. The summed E-state index contributed by atoms with van der Waals surface area (Å²) in [7, 11) is 0. The average Bonchev–Trinajstić information content (AvgIpc) is 3.40. The van der Waals surface area contributed by atoms with Crippen LogP contribution in [0.5, 0.6) is 5.75 Å². The number of hydrogen-bond acceptors (Lipinski definition) is 6. The zero-order valence-electron chi connectivity index (χ0n) is 15.1. The summed E-state index contributed by atoms with van der Waals surface area (Å²) < 4.78 is 16.7. The molecular weight excluding hydrogens is 364 g/mol. The van der Waals surface area contributed by atoms with Gasteiger partial charge < -0.3 is 23.6 Å². The zero-order valence-corrected chi connectivity index (χ0v) is 15.1. The van der Waals surface area contributed by atoms with Crippen LogP contribution in [0.3, 0.4) is 0 Å². The van der Waals surface area contributed by atoms with Crippen molar-refractivity contribution in [3.63, 3.8) is 0 Å². The number of carbonyl (C=O) groups excluding carboxylic acids is 1. The Balaban J connectivity index is 1.46. The second kappa shape index (κ2) is 7.22. The van der Waals surface area contributed by atoms with Gasteiger partial charge in [0.05, 0.1) is 12.2 Å². The van der Waals surface area contributed by atoms with Crippen LogP contribution in [-0.2, 0) is 16.2 Å². The van der Waals surface area contributed by atoms with Crippen LogP contribution in [0.15, 0.2) is 51.5 Å². The molecule has 0 bridgehead atoms. The molecule has 144 valence electrons. The summed E-state index contributed by atoms with van der Waals surface area (Å²) in [6.45, 7) is 2.14. The molecule has 0 saturated carbocycles. The molecule has 1 fully saturated rings. The molecule has 1 aliphatic rings. The minimum absolute atomic E-state index is 0.00804. The number of ether oxygens (including phenoxy) is 1. The molecule has 1 unspecified atom stereocenters. The fourth-order valence-corrected chi connectivity index (χ4v) is 3.08. The molecule has 4 rings (SSSR count). The van der Waals surface area contributed by atoms with Gasteiger partial charge in [-0.15, -0.1) is 0 Å². The van der Waals surface area contributed by atoms with E-state index >= 15 is 0 Å². The Labute approximate surface area is 160 Å². The van der Waals surface area contributed by atoms with E-state index in [2.05, 4.69) is 4.98 Å². The van der Waals surface area contributed by atoms with E-state index in [-0.39, 0.29) is 25.5 Å². The van der Waals surface area contributed by atoms with E-state index in [1.807, 2.05) is 0 Å². The van der Waals surface area contributed by atoms with Crippen molar-refractivity contribution in [1.82, 2.24) is 4.98 Å². The Morgan fingerprint density at radius 1 is 1.36 bits per heavy atom. The lowest BCUT2D eigenvalue weighted by molar-refractivity contribution is -0.141. The highest BCUT2D eigenvalue weighted by atomic mass is 16.5. The Kier molecular flexibility index (Phi) is 4.60. The molecule has 1 saturated heterocycles. The predicted octanol–water partition coefficient (Wildman–Crippen LogP) is 3.26. The van der Waals surface area contributed by atoms with E-state index < -0.39 is 11.9 Å². The van der Waals surface area contributed by atoms with Gasteiger partial charge in [-0.05, 0) is 31.2 Å². The van der Waals surface area contributed by atoms with Gasteiger partial charge in [0, 0.05) is 24.7 Å². The quantitative estimate of drug-likeness (QED) is 0.697. The summed E-state index contributed by atoms with van der Waals surface area (Å²) in [5.41, 5.74) is 1.25. The summed E-state index contributed by atoms with van der Waals surface area (Å²) in [5, 5.41) is 9.13. The first-order valence-electron chi connectivity index (χ1n) is 8.77. The van der Waals surface area contributed by atoms with Crippen molar-refractivity contribution in [2.75, 3.05) is 11.4 Å². The van der Waals surface area contributed by atoms with Gasteiger partial charge in [-0.3, -0.25) is 9.59 Å². The smallest absolute Gasteiger partial charge is 0.308 e. The first-order valence-corrected chi connectivity index (χ1v) is 8.77. The number of aromatic nitrogens is 1. The lowest BCUT2D eigenvalue weighted by Gasteiger charge is -2.17. The van der Waals surface area contributed by atoms with Crippen molar-refractivity contribution >= 4 is 17.6 Å². The highest BCUT2D eigenvalue weighted by Gasteiger charge is 2.35. The number of amides is 1. The number of carbonyl (C=O) groups is 2. The standard InChI is InChI=1S/C20H18N2O6/c1-12-16(21-19(28-12)17-6-3-7-26-17)11-27-15-5-2-4-14(9-15)22-10-13(20(24)25)8-18(22)23/h2-7,9,13H,8,10-11H2,1H3,(H,24,25). The molecule has 1 N–H and O–H groups in total. The van der Waals surface area contributed by atoms with Crippen LogP contribution in [-0.4, -0.2) is 28.5 Å². The molecule has 1 aliphatic heterocycles. The monoisotopic (exact) mass is 382 g/mol. The lowest BCUT2D eigenvalue weighted by atomic mass is 10.1. The molecule has 3 heterocycles. The zero-order chi connectivity index (χ0) is 19.7. The summed E-state index contributed by atoms with van der Waals surface area (Å²) in [5.74, 6) is 0.244. The fourth-order valence-electron chi connectivity index (χ4n) is 3.08. The van der Waals surface area contributed by atoms with Gasteiger partial charge in [0.2, 0.25) is 5.91 Å². The molecular formula is C20H18N2O6. The molecule has 1 aromatic carbocycles. The summed E-state index contributed by atoms with van der Waals surface area (Å²) in [6.07, 6.45) is 1.55. The van der Waals surface area contributed by atoms with Crippen molar-refractivity contribution in [3.05, 3.63) is 54.1 Å². The van der Waals surface area contributed by atoms with Crippen molar-refractivity contribution in [3.8, 4) is 17.4 Å². The maximum atomic E-state index is 12.1. The number of aryl methyl sites for hydroxylation is 1. The molecule has 1 atom stereocenters. The maximum Gasteiger partial charge on any atom is 0.308 e. The van der Waals surface area contributed by atoms with Gasteiger partial charge in [0.25, 0.3) is 5.89 Å². The number of oxazole rings is 1. The van der Waals surface area contributed by atoms with Crippen molar-refractivity contribution in [1.29, 1.82) is 0 Å². The third kappa shape index (κ3) is 3.48. The molecule has 2 aromatic heterocycles. The van der Waals surface area contributed by atoms with Crippen molar-refractivity contribution < 1.29 is 28.3 Å². The molecule has 0 radical (unpaired) electrons. The number of carboxylic acids is 1. The number of rotatable bonds is 6. The van der Waals surface area contributed by atoms with Gasteiger partial charge in [0.15, 0.2) is 5.76 Å². The number of carboxylic acid groups (broad SMARTS) is 1. The van der Waals surface area contributed by atoms with Crippen LogP contribution < -0.4 is 9.64 Å². The molecule has 8 heteroatoms. The number of anilines is 1. The van der Waals surface area contributed by atoms with Crippen LogP contribution in [0.4, 0.5) is 5.69 Å². The number of benzene rings is 1. The number of furan rings is 1. The van der Waals surface area contributed by atoms with Crippen LogP contribution in [0.25, 0.3) is 11.7 Å². The summed E-state index contributed by atoms with van der Waals surface area (Å²) in [6, 6.07) is 10.5. The van der Waals surface area contributed by atoms with Gasteiger partial charge in [-0.25, -0.2) is 4.98 Å². The number of nitrogens with zero attached hydrogens (tertiary/aromatic N) is 2. The minimum Gasteiger partial charge on any atom is -0.487 e. The Morgan fingerprint density at radius 2 is 2.21 bits per heavy atom. The molecule has 3 aromatic rings. The summed E-state index contributed by atoms with van der Waals surface area (Å²) in [4.78, 5) is 29.1. The first-order chi connectivity index (χ1) is 13.5. The van der Waals surface area contributed by atoms with Gasteiger partial charge in [0.1, 0.15) is 23.8 Å².